The van der Waals surface area contributed by atoms with Gasteiger partial charge < -0.3 is 5.48 Å². The van der Waals surface area contributed by atoms with E-state index >= 15 is 0 Å². The summed E-state index contributed by atoms with van der Waals surface area (Å²) >= 11 is 6.89. The topological polar surface area (TPSA) is 107 Å². The summed E-state index contributed by atoms with van der Waals surface area (Å²) in [6.07, 6.45) is 0. The van der Waals surface area contributed by atoms with Gasteiger partial charge in [-0.2, -0.15) is 0 Å². The molecule has 6 nitrogen and oxygen atoms in total. The van der Waals surface area contributed by atoms with Crippen LogP contribution in [0.25, 0.3) is 0 Å². The number of hydrogen-bond donors (Lipinski definition) is 2. The second-order valence-corrected chi connectivity index (χ2v) is 11.0. The van der Waals surface area contributed by atoms with E-state index in [1.54, 1.807) is 18.2 Å². The van der Waals surface area contributed by atoms with Gasteiger partial charge in [0.05, 0.1) is 0 Å². The molecule has 0 bridgehead atoms. The average molecular weight is 708 g/mol. The molecule has 1 spiro atoms. The molecule has 0 amide bonds. The van der Waals surface area contributed by atoms with Gasteiger partial charge in [0.2, 0.25) is 0 Å². The summed E-state index contributed by atoms with van der Waals surface area (Å²) in [6, 6.07) is 12.0. The van der Waals surface area contributed by atoms with Crippen molar-refractivity contribution in [2.45, 2.75) is 5.60 Å². The van der Waals surface area contributed by atoms with E-state index in [0.717, 1.165) is 3.07 Å². The van der Waals surface area contributed by atoms with Crippen LogP contribution in [-0.4, -0.2) is 21.7 Å². The summed E-state index contributed by atoms with van der Waals surface area (Å²) in [5.74, 6) is 0.416. The molecule has 3 aromatic carbocycles. The number of fused-ring (bicyclic) bond motifs is 6. The van der Waals surface area contributed by atoms with Gasteiger partial charge in [-0.25, -0.2) is 0 Å². The fourth-order valence-electron chi connectivity index (χ4n) is 3.90. The summed E-state index contributed by atoms with van der Waals surface area (Å²) in [4.78, 5) is 12.8. The van der Waals surface area contributed by atoms with Crippen molar-refractivity contribution >= 4 is 40.9 Å². The number of carbonyl (C=O) groups is 1. The molecule has 4 N–H and O–H groups in total. The summed E-state index contributed by atoms with van der Waals surface area (Å²) < 4.78 is 14.1. The molecule has 5 rings (SSSR count). The third kappa shape index (κ3) is 2.69. The standard InChI is InChI=1S/C20H9Br2O5.Hg.H2O/c21-13-5-11-17(7-15(13)23)26-18-8-16(24)14(22)6-12(18)20(11)10-4-2-1-3-9(10)19(25)27-20;;/h1-5,7-8,23-24H;;1H2. The van der Waals surface area contributed by atoms with Gasteiger partial charge in [-0.3, -0.25) is 0 Å². The number of aromatic hydroxyl groups is 2. The molecule has 29 heavy (non-hydrogen) atoms. The number of phenolic OH excluding ortho intramolecular Hbond substituents is 2. The quantitative estimate of drug-likeness (QED) is 0.275. The fourth-order valence-corrected chi connectivity index (χ4v) is 6.90. The van der Waals surface area contributed by atoms with Crippen molar-refractivity contribution in [3.8, 4) is 23.0 Å². The first kappa shape index (κ1) is 20.6. The van der Waals surface area contributed by atoms with E-state index in [-0.39, 0.29) is 43.1 Å². The van der Waals surface area contributed by atoms with Crippen LogP contribution >= 0.6 is 31.9 Å². The molecule has 1 atom stereocenters. The van der Waals surface area contributed by atoms with Crippen molar-refractivity contribution < 1.29 is 56.1 Å². The molecular weight excluding hydrogens is 697 g/mol. The average Bonchev–Trinajstić information content (AvgIpc) is 2.95. The number of hydrogen-bond acceptors (Lipinski definition) is 5. The number of rotatable bonds is 0. The van der Waals surface area contributed by atoms with Gasteiger partial charge in [-0.05, 0) is 0 Å². The Morgan fingerprint density at radius 1 is 0.966 bits per heavy atom. The normalized spacial score (nSPS) is 18.3. The number of phenols is 2. The van der Waals surface area contributed by atoms with Gasteiger partial charge in [0.15, 0.2) is 0 Å². The monoisotopic (exact) mass is 707 g/mol. The van der Waals surface area contributed by atoms with Crippen LogP contribution in [0.15, 0.2) is 51.4 Å². The van der Waals surface area contributed by atoms with E-state index in [4.69, 9.17) is 9.47 Å². The predicted molar refractivity (Wildman–Crippen MR) is 107 cm³/mol. The van der Waals surface area contributed by atoms with Crippen LogP contribution in [0.5, 0.6) is 23.0 Å². The molecule has 143 valence electrons. The van der Waals surface area contributed by atoms with Crippen LogP contribution in [0, 0.1) is 0 Å². The van der Waals surface area contributed by atoms with Crippen molar-refractivity contribution in [3.63, 3.8) is 0 Å². The summed E-state index contributed by atoms with van der Waals surface area (Å²) in [7, 11) is 0. The summed E-state index contributed by atoms with van der Waals surface area (Å²) in [5.41, 5.74) is 1.33. The predicted octanol–water partition coefficient (Wildman–Crippen LogP) is 3.54. The van der Waals surface area contributed by atoms with Gasteiger partial charge in [0, 0.05) is 0 Å². The van der Waals surface area contributed by atoms with Crippen LogP contribution < -0.4 is 7.81 Å². The zero-order valence-corrected chi connectivity index (χ0v) is 23.3. The number of halogens is 2. The Morgan fingerprint density at radius 2 is 1.66 bits per heavy atom. The van der Waals surface area contributed by atoms with Crippen LogP contribution in [0.4, 0.5) is 0 Å². The second-order valence-electron chi connectivity index (χ2n) is 6.58. The van der Waals surface area contributed by atoms with Crippen molar-refractivity contribution in [3.05, 3.63) is 73.7 Å². The number of ether oxygens (including phenoxy) is 2. The number of benzene rings is 3. The van der Waals surface area contributed by atoms with E-state index in [9.17, 15) is 15.0 Å². The molecule has 0 fully saturated rings. The Hall–Kier alpha value is -1.61. The maximum absolute atomic E-state index is 12.8. The van der Waals surface area contributed by atoms with E-state index in [2.05, 4.69) is 31.9 Å². The van der Waals surface area contributed by atoms with Crippen LogP contribution in [-0.2, 0) is 36.5 Å². The molecule has 2 aliphatic rings. The molecule has 2 aliphatic heterocycles. The molecule has 0 saturated heterocycles. The van der Waals surface area contributed by atoms with Crippen LogP contribution in [0.1, 0.15) is 27.0 Å². The van der Waals surface area contributed by atoms with Gasteiger partial charge in [-0.15, -0.1) is 0 Å². The van der Waals surface area contributed by atoms with E-state index in [0.29, 0.717) is 42.7 Å². The molecule has 0 aliphatic carbocycles. The Balaban J connectivity index is 0.00000205. The van der Waals surface area contributed by atoms with E-state index in [1.165, 1.54) is 12.1 Å². The first-order chi connectivity index (χ1) is 13.3. The van der Waals surface area contributed by atoms with Crippen LogP contribution in [0.2, 0.25) is 0 Å². The third-order valence-electron chi connectivity index (χ3n) is 5.08. The van der Waals surface area contributed by atoms with Crippen molar-refractivity contribution in [1.29, 1.82) is 0 Å². The molecule has 1 unspecified atom stereocenters. The van der Waals surface area contributed by atoms with Crippen molar-refractivity contribution in [2.24, 2.45) is 0 Å². The number of carbonyl (C=O) groups excluding carboxylic acids is 1. The first-order valence-electron chi connectivity index (χ1n) is 8.26. The second kappa shape index (κ2) is 6.97. The summed E-state index contributed by atoms with van der Waals surface area (Å²) in [5, 5.41) is 20.5. The van der Waals surface area contributed by atoms with Crippen molar-refractivity contribution in [1.82, 2.24) is 0 Å². The molecular formula is C20H11Br2HgO6. The minimum absolute atomic E-state index is 0. The summed E-state index contributed by atoms with van der Waals surface area (Å²) in [6.45, 7) is 0. The molecule has 9 heteroatoms. The van der Waals surface area contributed by atoms with Crippen molar-refractivity contribution in [2.75, 3.05) is 0 Å². The maximum atomic E-state index is 12.8. The zero-order valence-electron chi connectivity index (χ0n) is 14.6. The van der Waals surface area contributed by atoms with Gasteiger partial charge in [0.1, 0.15) is 0 Å². The molecule has 2 heterocycles. The Morgan fingerprint density at radius 3 is 2.41 bits per heavy atom. The Kier molecular flexibility index (Phi) is 4.96. The molecule has 0 saturated carbocycles. The minimum atomic E-state index is -1.21. The molecule has 0 aromatic heterocycles. The zero-order chi connectivity index (χ0) is 19.8. The van der Waals surface area contributed by atoms with Crippen LogP contribution in [0.3, 0.4) is 0 Å². The Labute approximate surface area is 198 Å². The fraction of sp³-hybridized carbons (Fsp3) is 0.0500. The number of esters is 1. The van der Waals surface area contributed by atoms with Gasteiger partial charge >= 0.3 is 194 Å². The third-order valence-corrected chi connectivity index (χ3v) is 11.4. The van der Waals surface area contributed by atoms with E-state index in [1.807, 2.05) is 12.1 Å². The molecule has 0 radical (unpaired) electrons. The Bertz CT molecular complexity index is 1210. The molecule has 3 aromatic rings. The van der Waals surface area contributed by atoms with Gasteiger partial charge in [0.25, 0.3) is 0 Å². The first-order valence-corrected chi connectivity index (χ1v) is 12.6. The van der Waals surface area contributed by atoms with E-state index < -0.39 is 11.6 Å². The SMILES string of the molecule is O.O=C1OC2(c3cc(Br)c(O)cc3Oc3cc(O)c(Br)[c]([Hg])c32)c2ccccc21. The van der Waals surface area contributed by atoms with Gasteiger partial charge in [-0.1, -0.05) is 0 Å².